The summed E-state index contributed by atoms with van der Waals surface area (Å²) in [6.45, 7) is 14.0. The quantitative estimate of drug-likeness (QED) is 0.233. The van der Waals surface area contributed by atoms with Crippen molar-refractivity contribution < 1.29 is 19.0 Å². The summed E-state index contributed by atoms with van der Waals surface area (Å²) in [4.78, 5) is 29.2. The second-order valence-corrected chi connectivity index (χ2v) is 10.4. The molecule has 3 N–H and O–H groups in total. The second-order valence-electron chi connectivity index (χ2n) is 9.01. The molecule has 0 unspecified atom stereocenters. The van der Waals surface area contributed by atoms with Crippen LogP contribution in [0.5, 0.6) is 0 Å². The molecule has 7 nitrogen and oxygen atoms in total. The van der Waals surface area contributed by atoms with Crippen LogP contribution in [0.4, 0.5) is 4.39 Å². The van der Waals surface area contributed by atoms with Gasteiger partial charge in [-0.3, -0.25) is 4.79 Å². The smallest absolute Gasteiger partial charge is 0.332 e. The average molecular weight is 574 g/mol. The molecule has 0 amide bonds. The summed E-state index contributed by atoms with van der Waals surface area (Å²) in [5.74, 6) is 1.28. The lowest BCUT2D eigenvalue weighted by molar-refractivity contribution is -0.148. The molecule has 3 aromatic rings. The molecule has 1 aliphatic carbocycles. The first-order chi connectivity index (χ1) is 19.3. The van der Waals surface area contributed by atoms with Gasteiger partial charge in [0.05, 0.1) is 29.0 Å². The Morgan fingerprint density at radius 1 is 1.15 bits per heavy atom. The Bertz CT molecular complexity index is 1380. The fraction of sp³-hybridized carbons (Fsp3) is 0.516. The van der Waals surface area contributed by atoms with Gasteiger partial charge in [0, 0.05) is 29.3 Å². The van der Waals surface area contributed by atoms with Crippen LogP contribution in [-0.2, 0) is 35.5 Å². The summed E-state index contributed by atoms with van der Waals surface area (Å²) in [7, 11) is 0. The summed E-state index contributed by atoms with van der Waals surface area (Å²) in [5.41, 5.74) is 12.0. The molecule has 0 spiro atoms. The van der Waals surface area contributed by atoms with Crippen molar-refractivity contribution in [1.82, 2.24) is 9.55 Å². The zero-order chi connectivity index (χ0) is 30.0. The minimum absolute atomic E-state index is 0.183. The molecule has 0 atom stereocenters. The Kier molecular flexibility index (Phi) is 13.3. The van der Waals surface area contributed by atoms with Crippen molar-refractivity contribution >= 4 is 28.6 Å². The molecule has 0 saturated heterocycles. The minimum atomic E-state index is -0.773. The van der Waals surface area contributed by atoms with E-state index in [2.05, 4.69) is 6.92 Å². The van der Waals surface area contributed by atoms with Crippen LogP contribution in [0.2, 0.25) is 0 Å². The number of pyridine rings is 2. The Morgan fingerprint density at radius 2 is 1.82 bits per heavy atom. The number of thioether (sulfide) groups is 1. The summed E-state index contributed by atoms with van der Waals surface area (Å²) < 4.78 is 21.1. The molecule has 3 heterocycles. The third-order valence-electron chi connectivity index (χ3n) is 6.83. The number of nitrogens with two attached hydrogens (primary N) is 1. The van der Waals surface area contributed by atoms with E-state index in [9.17, 15) is 14.0 Å². The molecule has 0 fully saturated rings. The number of aliphatic hydroxyl groups excluding tert-OH is 1. The number of hydrogen-bond acceptors (Lipinski definition) is 7. The number of hydrogen-bond donors (Lipinski definition) is 2. The van der Waals surface area contributed by atoms with Crippen molar-refractivity contribution in [3.63, 3.8) is 0 Å². The van der Waals surface area contributed by atoms with Crippen molar-refractivity contribution in [2.24, 2.45) is 5.73 Å². The maximum Gasteiger partial charge on any atom is 0.332 e. The number of ether oxygens (including phenoxy) is 1. The number of halogens is 1. The SMILES string of the molecule is CC.CC.CCSCCN.Cc1cc2n(c(=O)c1COC(=O)CO)Cc1c-2nc2cc(F)c(C)c3c2c1CCC3. The molecular weight excluding hydrogens is 529 g/mol. The predicted octanol–water partition coefficient (Wildman–Crippen LogP) is 5.46. The lowest BCUT2D eigenvalue weighted by atomic mass is 9.85. The highest BCUT2D eigenvalue weighted by atomic mass is 32.2. The first kappa shape index (κ1) is 33.5. The van der Waals surface area contributed by atoms with Crippen molar-refractivity contribution in [3.05, 3.63) is 61.7 Å². The number of aliphatic hydroxyl groups is 1. The highest BCUT2D eigenvalue weighted by Crippen LogP contribution is 2.41. The van der Waals surface area contributed by atoms with E-state index in [1.54, 1.807) is 11.5 Å². The monoisotopic (exact) mass is 573 g/mol. The molecule has 2 aromatic heterocycles. The van der Waals surface area contributed by atoms with E-state index in [1.165, 1.54) is 11.8 Å². The molecule has 2 aliphatic rings. The van der Waals surface area contributed by atoms with Gasteiger partial charge in [-0.15, -0.1) is 0 Å². The van der Waals surface area contributed by atoms with Crippen LogP contribution in [0.15, 0.2) is 16.9 Å². The van der Waals surface area contributed by atoms with Gasteiger partial charge in [0.1, 0.15) is 19.0 Å². The van der Waals surface area contributed by atoms with Gasteiger partial charge in [-0.25, -0.2) is 14.2 Å². The molecule has 0 saturated carbocycles. The van der Waals surface area contributed by atoms with Gasteiger partial charge < -0.3 is 20.1 Å². The number of esters is 1. The fourth-order valence-corrected chi connectivity index (χ4v) is 5.49. The van der Waals surface area contributed by atoms with E-state index in [-0.39, 0.29) is 18.0 Å². The topological polar surface area (TPSA) is 107 Å². The number of aryl methyl sites for hydroxylation is 3. The van der Waals surface area contributed by atoms with Gasteiger partial charge in [-0.1, -0.05) is 34.6 Å². The standard InChI is InChI=1S/C23H21FN2O4.C4H11NS.2C2H6/c1-11-6-19-22-15(8-26(19)23(29)16(11)10-30-20(28)9-27)14-5-3-4-13-12(2)17(24)7-18(25-22)21(13)14;1-2-6-4-3-5;2*1-2/h6-7,27H,3-5,8-10H2,1-2H3;2-5H2,1H3;2*1-2H3. The van der Waals surface area contributed by atoms with Crippen LogP contribution < -0.4 is 11.3 Å². The van der Waals surface area contributed by atoms with E-state index < -0.39 is 12.6 Å². The lowest BCUT2D eigenvalue weighted by Crippen LogP contribution is -2.25. The Labute approximate surface area is 241 Å². The molecule has 40 heavy (non-hydrogen) atoms. The van der Waals surface area contributed by atoms with E-state index in [1.807, 2.05) is 52.4 Å². The number of fused-ring (bicyclic) bond motifs is 4. The van der Waals surface area contributed by atoms with Crippen LogP contribution in [-0.4, -0.2) is 45.3 Å². The van der Waals surface area contributed by atoms with Gasteiger partial charge >= 0.3 is 5.97 Å². The molecular formula is C31H44FN3O4S. The summed E-state index contributed by atoms with van der Waals surface area (Å²) in [6, 6.07) is 3.37. The van der Waals surface area contributed by atoms with Gasteiger partial charge in [0.25, 0.3) is 5.56 Å². The van der Waals surface area contributed by atoms with Gasteiger partial charge in [-0.2, -0.15) is 11.8 Å². The van der Waals surface area contributed by atoms with Crippen molar-refractivity contribution in [2.45, 2.75) is 80.9 Å². The molecule has 9 heteroatoms. The zero-order valence-corrected chi connectivity index (χ0v) is 25.8. The largest absolute Gasteiger partial charge is 0.459 e. The zero-order valence-electron chi connectivity index (χ0n) is 24.9. The first-order valence-electron chi connectivity index (χ1n) is 14.2. The molecule has 0 bridgehead atoms. The minimum Gasteiger partial charge on any atom is -0.459 e. The lowest BCUT2D eigenvalue weighted by Gasteiger charge is -2.21. The Balaban J connectivity index is 0.000000492. The molecule has 1 aliphatic heterocycles. The fourth-order valence-electron chi connectivity index (χ4n) is 5.03. The first-order valence-corrected chi connectivity index (χ1v) is 15.4. The van der Waals surface area contributed by atoms with Crippen molar-refractivity contribution in [2.75, 3.05) is 24.7 Å². The summed E-state index contributed by atoms with van der Waals surface area (Å²) >= 11 is 1.88. The number of aromatic nitrogens is 2. The predicted molar refractivity (Wildman–Crippen MR) is 164 cm³/mol. The van der Waals surface area contributed by atoms with Crippen molar-refractivity contribution in [1.29, 1.82) is 0 Å². The van der Waals surface area contributed by atoms with Crippen molar-refractivity contribution in [3.8, 4) is 11.4 Å². The summed E-state index contributed by atoms with van der Waals surface area (Å²) in [6.07, 6.45) is 2.65. The van der Waals surface area contributed by atoms with Crippen LogP contribution in [0, 0.1) is 19.7 Å². The maximum atomic E-state index is 14.5. The number of rotatable bonds is 6. The second kappa shape index (κ2) is 15.9. The number of nitrogens with zero attached hydrogens (tertiary/aromatic N) is 2. The van der Waals surface area contributed by atoms with Gasteiger partial charge in [-0.05, 0) is 67.2 Å². The highest BCUT2D eigenvalue weighted by molar-refractivity contribution is 7.99. The van der Waals surface area contributed by atoms with E-state index in [0.717, 1.165) is 59.3 Å². The molecule has 0 radical (unpaired) electrons. The van der Waals surface area contributed by atoms with Crippen LogP contribution >= 0.6 is 11.8 Å². The van der Waals surface area contributed by atoms with E-state index >= 15 is 0 Å². The van der Waals surface area contributed by atoms with Crippen LogP contribution in [0.25, 0.3) is 22.3 Å². The Morgan fingerprint density at radius 3 is 2.42 bits per heavy atom. The molecule has 220 valence electrons. The maximum absolute atomic E-state index is 14.5. The van der Waals surface area contributed by atoms with Crippen LogP contribution in [0.1, 0.15) is 74.4 Å². The van der Waals surface area contributed by atoms with Crippen LogP contribution in [0.3, 0.4) is 0 Å². The van der Waals surface area contributed by atoms with Gasteiger partial charge in [0.15, 0.2) is 0 Å². The van der Waals surface area contributed by atoms with Gasteiger partial charge in [0.2, 0.25) is 0 Å². The average Bonchev–Trinajstić information content (AvgIpc) is 3.35. The third kappa shape index (κ3) is 6.93. The third-order valence-corrected chi connectivity index (χ3v) is 7.76. The Hall–Kier alpha value is -2.75. The van der Waals surface area contributed by atoms with E-state index in [0.29, 0.717) is 34.4 Å². The van der Waals surface area contributed by atoms with E-state index in [4.69, 9.17) is 20.6 Å². The normalized spacial score (nSPS) is 12.2. The molecule has 1 aromatic carbocycles. The number of benzene rings is 1. The summed E-state index contributed by atoms with van der Waals surface area (Å²) in [5, 5.41) is 9.88. The highest BCUT2D eigenvalue weighted by Gasteiger charge is 2.30. The molecule has 5 rings (SSSR count). The number of carbonyl (C=O) groups is 1. The number of carbonyl (C=O) groups excluding carboxylic acids is 1.